The zero-order chi connectivity index (χ0) is 16.3. The molecule has 0 saturated carbocycles. The highest BCUT2D eigenvalue weighted by molar-refractivity contribution is 7.89. The monoisotopic (exact) mass is 326 g/mol. The van der Waals surface area contributed by atoms with Crippen molar-refractivity contribution in [3.63, 3.8) is 0 Å². The average Bonchev–Trinajstić information content (AvgIpc) is 2.92. The summed E-state index contributed by atoms with van der Waals surface area (Å²) >= 11 is 0. The molecule has 1 N–H and O–H groups in total. The minimum absolute atomic E-state index is 0.0181. The summed E-state index contributed by atoms with van der Waals surface area (Å²) in [5.74, 6) is -0.373. The van der Waals surface area contributed by atoms with Crippen molar-refractivity contribution in [2.24, 2.45) is 7.05 Å². The fourth-order valence-electron chi connectivity index (χ4n) is 1.94. The molecule has 6 nitrogen and oxygen atoms in total. The standard InChI is InChI=1S/C14H19FN4O2S/c1-4-18(2)14-6-5-11(7-13(14)15)8-17-22(20,21)12-9-16-19(3)10-12/h5-7,9-10,17H,4,8H2,1-3H3. The van der Waals surface area contributed by atoms with E-state index in [0.29, 0.717) is 17.8 Å². The normalized spacial score (nSPS) is 11.6. The van der Waals surface area contributed by atoms with E-state index in [9.17, 15) is 12.8 Å². The van der Waals surface area contributed by atoms with E-state index < -0.39 is 10.0 Å². The minimum Gasteiger partial charge on any atom is -0.373 e. The highest BCUT2D eigenvalue weighted by Crippen LogP contribution is 2.19. The van der Waals surface area contributed by atoms with Gasteiger partial charge in [0.05, 0.1) is 11.9 Å². The smallest absolute Gasteiger partial charge is 0.243 e. The Hall–Kier alpha value is -1.93. The van der Waals surface area contributed by atoms with Gasteiger partial charge in [0.15, 0.2) is 0 Å². The summed E-state index contributed by atoms with van der Waals surface area (Å²) < 4.78 is 42.0. The lowest BCUT2D eigenvalue weighted by atomic mass is 10.2. The molecule has 0 aliphatic heterocycles. The van der Waals surface area contributed by atoms with Gasteiger partial charge >= 0.3 is 0 Å². The summed E-state index contributed by atoms with van der Waals surface area (Å²) in [6.07, 6.45) is 2.67. The number of halogens is 1. The van der Waals surface area contributed by atoms with E-state index in [1.54, 1.807) is 31.1 Å². The third-order valence-corrected chi connectivity index (χ3v) is 4.71. The van der Waals surface area contributed by atoms with Crippen LogP contribution in [0.4, 0.5) is 10.1 Å². The number of nitrogens with one attached hydrogen (secondary N) is 1. The maximum absolute atomic E-state index is 14.0. The van der Waals surface area contributed by atoms with Gasteiger partial charge in [-0.05, 0) is 24.6 Å². The molecular weight excluding hydrogens is 307 g/mol. The third-order valence-electron chi connectivity index (χ3n) is 3.36. The molecular formula is C14H19FN4O2S. The topological polar surface area (TPSA) is 67.2 Å². The molecule has 0 aliphatic carbocycles. The first-order valence-corrected chi connectivity index (χ1v) is 8.29. The fraction of sp³-hybridized carbons (Fsp3) is 0.357. The molecule has 0 spiro atoms. The highest BCUT2D eigenvalue weighted by atomic mass is 32.2. The van der Waals surface area contributed by atoms with Gasteiger partial charge in [-0.15, -0.1) is 0 Å². The molecule has 1 aromatic carbocycles. The Labute approximate surface area is 129 Å². The molecule has 0 fully saturated rings. The van der Waals surface area contributed by atoms with Crippen LogP contribution in [0.25, 0.3) is 0 Å². The molecule has 0 saturated heterocycles. The summed E-state index contributed by atoms with van der Waals surface area (Å²) in [6, 6.07) is 4.69. The zero-order valence-electron chi connectivity index (χ0n) is 12.7. The Morgan fingerprint density at radius 2 is 2.14 bits per heavy atom. The Bertz CT molecular complexity index is 758. The SMILES string of the molecule is CCN(C)c1ccc(CNS(=O)(=O)c2cnn(C)c2)cc1F. The first kappa shape index (κ1) is 16.4. The molecule has 120 valence electrons. The maximum Gasteiger partial charge on any atom is 0.243 e. The van der Waals surface area contributed by atoms with Crippen molar-refractivity contribution in [3.8, 4) is 0 Å². The van der Waals surface area contributed by atoms with Gasteiger partial charge in [0.1, 0.15) is 10.7 Å². The summed E-state index contributed by atoms with van der Waals surface area (Å²) in [6.45, 7) is 2.63. The molecule has 1 heterocycles. The molecule has 22 heavy (non-hydrogen) atoms. The van der Waals surface area contributed by atoms with Crippen LogP contribution in [0.5, 0.6) is 0 Å². The predicted octanol–water partition coefficient (Wildman–Crippen LogP) is 1.49. The van der Waals surface area contributed by atoms with E-state index in [2.05, 4.69) is 9.82 Å². The van der Waals surface area contributed by atoms with E-state index in [-0.39, 0.29) is 17.3 Å². The van der Waals surface area contributed by atoms with Gasteiger partial charge in [-0.25, -0.2) is 17.5 Å². The first-order valence-electron chi connectivity index (χ1n) is 6.81. The Balaban J connectivity index is 2.10. The number of rotatable bonds is 6. The minimum atomic E-state index is -3.65. The van der Waals surface area contributed by atoms with Gasteiger partial charge < -0.3 is 4.90 Å². The van der Waals surface area contributed by atoms with Crippen molar-refractivity contribution >= 4 is 15.7 Å². The van der Waals surface area contributed by atoms with E-state index in [1.165, 1.54) is 23.1 Å². The van der Waals surface area contributed by atoms with Crippen LogP contribution in [0, 0.1) is 5.82 Å². The van der Waals surface area contributed by atoms with E-state index in [4.69, 9.17) is 0 Å². The Kier molecular flexibility index (Phi) is 4.82. The lowest BCUT2D eigenvalue weighted by molar-refractivity contribution is 0.580. The maximum atomic E-state index is 14.0. The van der Waals surface area contributed by atoms with Gasteiger partial charge in [-0.2, -0.15) is 5.10 Å². The number of hydrogen-bond donors (Lipinski definition) is 1. The number of sulfonamides is 1. The molecule has 0 unspecified atom stereocenters. The van der Waals surface area contributed by atoms with E-state index in [1.807, 2.05) is 6.92 Å². The van der Waals surface area contributed by atoms with Crippen LogP contribution < -0.4 is 9.62 Å². The Morgan fingerprint density at radius 3 is 2.68 bits per heavy atom. The van der Waals surface area contributed by atoms with Crippen molar-refractivity contribution in [2.45, 2.75) is 18.4 Å². The van der Waals surface area contributed by atoms with Crippen molar-refractivity contribution in [3.05, 3.63) is 42.0 Å². The van der Waals surface area contributed by atoms with Crippen molar-refractivity contribution in [1.29, 1.82) is 0 Å². The number of nitrogens with zero attached hydrogens (tertiary/aromatic N) is 3. The van der Waals surface area contributed by atoms with Crippen LogP contribution >= 0.6 is 0 Å². The van der Waals surface area contributed by atoms with Gasteiger partial charge in [-0.3, -0.25) is 4.68 Å². The fourth-order valence-corrected chi connectivity index (χ4v) is 2.94. The van der Waals surface area contributed by atoms with Crippen molar-refractivity contribution in [2.75, 3.05) is 18.5 Å². The summed E-state index contributed by atoms with van der Waals surface area (Å²) in [7, 11) is -0.217. The highest BCUT2D eigenvalue weighted by Gasteiger charge is 2.16. The second kappa shape index (κ2) is 6.45. The molecule has 1 aromatic heterocycles. The quantitative estimate of drug-likeness (QED) is 0.873. The summed E-state index contributed by atoms with van der Waals surface area (Å²) in [5, 5.41) is 3.82. The van der Waals surface area contributed by atoms with Crippen molar-refractivity contribution in [1.82, 2.24) is 14.5 Å². The molecule has 0 amide bonds. The second-order valence-electron chi connectivity index (χ2n) is 4.97. The molecule has 2 rings (SSSR count). The van der Waals surface area contributed by atoms with Crippen LogP contribution in [0.1, 0.15) is 12.5 Å². The number of benzene rings is 1. The van der Waals surface area contributed by atoms with E-state index >= 15 is 0 Å². The molecule has 0 bridgehead atoms. The van der Waals surface area contributed by atoms with Crippen LogP contribution in [0.15, 0.2) is 35.5 Å². The zero-order valence-corrected chi connectivity index (χ0v) is 13.6. The van der Waals surface area contributed by atoms with Crippen molar-refractivity contribution < 1.29 is 12.8 Å². The van der Waals surface area contributed by atoms with Gasteiger partial charge in [0.2, 0.25) is 10.0 Å². The van der Waals surface area contributed by atoms with Crippen LogP contribution in [0.2, 0.25) is 0 Å². The largest absolute Gasteiger partial charge is 0.373 e. The van der Waals surface area contributed by atoms with Gasteiger partial charge in [0.25, 0.3) is 0 Å². The average molecular weight is 326 g/mol. The lowest BCUT2D eigenvalue weighted by Crippen LogP contribution is -2.23. The van der Waals surface area contributed by atoms with Gasteiger partial charge in [0, 0.05) is 33.4 Å². The van der Waals surface area contributed by atoms with Crippen LogP contribution in [-0.2, 0) is 23.6 Å². The molecule has 2 aromatic rings. The molecule has 0 atom stereocenters. The van der Waals surface area contributed by atoms with Crippen LogP contribution in [0.3, 0.4) is 0 Å². The van der Waals surface area contributed by atoms with Crippen LogP contribution in [-0.4, -0.2) is 31.8 Å². The number of anilines is 1. The van der Waals surface area contributed by atoms with E-state index in [0.717, 1.165) is 0 Å². The first-order chi connectivity index (χ1) is 10.3. The number of aromatic nitrogens is 2. The molecule has 8 heteroatoms. The predicted molar refractivity (Wildman–Crippen MR) is 82.6 cm³/mol. The summed E-state index contributed by atoms with van der Waals surface area (Å²) in [5.41, 5.74) is 1.04. The van der Waals surface area contributed by atoms with Gasteiger partial charge in [-0.1, -0.05) is 6.07 Å². The Morgan fingerprint density at radius 1 is 1.41 bits per heavy atom. The second-order valence-corrected chi connectivity index (χ2v) is 6.74. The molecule has 0 aliphatic rings. The lowest BCUT2D eigenvalue weighted by Gasteiger charge is -2.18. The molecule has 0 radical (unpaired) electrons. The third kappa shape index (κ3) is 3.63. The number of hydrogen-bond acceptors (Lipinski definition) is 4. The number of aryl methyl sites for hydroxylation is 1. The summed E-state index contributed by atoms with van der Waals surface area (Å²) in [4.78, 5) is 1.86.